The molecule has 0 saturated carbocycles. The highest BCUT2D eigenvalue weighted by atomic mass is 32.2. The van der Waals surface area contributed by atoms with Crippen LogP contribution in [0.2, 0.25) is 0 Å². The van der Waals surface area contributed by atoms with Gasteiger partial charge in [-0.05, 0) is 96.1 Å². The van der Waals surface area contributed by atoms with E-state index >= 15 is 0 Å². The molecule has 4 aromatic rings. The first-order valence-electron chi connectivity index (χ1n) is 14.1. The molecule has 0 bridgehead atoms. The first-order valence-corrected chi connectivity index (χ1v) is 17.0. The van der Waals surface area contributed by atoms with Gasteiger partial charge in [-0.15, -0.1) is 0 Å². The summed E-state index contributed by atoms with van der Waals surface area (Å²) in [5, 5.41) is 10.9. The molecule has 0 radical (unpaired) electrons. The SMILES string of the molecule is Nc1cccc(N/N=C2/C(=O)c3ccc(Nc4ccc5c(c4)C=C(S(=O)(=O)O)/C(=N\Nc4cccc(N)c4)C5=O)cc3C=C2S(=O)(=O)O)c1. The first kappa shape index (κ1) is 32.8. The van der Waals surface area contributed by atoms with E-state index in [4.69, 9.17) is 11.5 Å². The van der Waals surface area contributed by atoms with E-state index in [1.165, 1.54) is 48.5 Å². The Morgan fingerprint density at radius 3 is 1.33 bits per heavy atom. The fraction of sp³-hybridized carbons (Fsp3) is 0. The largest absolute Gasteiger partial charge is 0.399 e. The average molecular weight is 700 g/mol. The van der Waals surface area contributed by atoms with Crippen molar-refractivity contribution < 1.29 is 35.5 Å². The Labute approximate surface area is 279 Å². The van der Waals surface area contributed by atoms with E-state index in [1.807, 2.05) is 0 Å². The topological polar surface area (TPSA) is 256 Å². The number of nitrogens with one attached hydrogen (secondary N) is 3. The predicted molar refractivity (Wildman–Crippen MR) is 188 cm³/mol. The summed E-state index contributed by atoms with van der Waals surface area (Å²) in [6.07, 6.45) is 2.20. The molecule has 2 aliphatic carbocycles. The molecule has 0 spiro atoms. The van der Waals surface area contributed by atoms with Crippen LogP contribution in [0.4, 0.5) is 34.1 Å². The third-order valence-corrected chi connectivity index (χ3v) is 9.01. The van der Waals surface area contributed by atoms with Gasteiger partial charge in [0.2, 0.25) is 11.6 Å². The second kappa shape index (κ2) is 12.5. The summed E-state index contributed by atoms with van der Waals surface area (Å²) >= 11 is 0. The van der Waals surface area contributed by atoms with E-state index in [1.54, 1.807) is 36.4 Å². The molecule has 9 N–H and O–H groups in total. The van der Waals surface area contributed by atoms with Gasteiger partial charge in [-0.3, -0.25) is 29.5 Å². The first-order chi connectivity index (χ1) is 23.2. The number of carbonyl (C=O) groups excluding carboxylic acids is 2. The smallest absolute Gasteiger partial charge is 0.296 e. The highest BCUT2D eigenvalue weighted by Gasteiger charge is 2.34. The predicted octanol–water partition coefficient (Wildman–Crippen LogP) is 4.38. The standard InChI is InChI=1S/C32H25N7O8S2/c33-19-3-1-5-23(15-19)36-38-29-27(48(42,43)44)13-17-11-21(7-9-25(17)31(29)40)35-22-8-10-26-18(12-22)14-28(49(45,46)47)30(32(26)41)39-37-24-6-2-4-20(34)16-24/h1-16,35-37H,33-34H2,(H,42,43,44)(H,45,46,47)/b38-29+,39-30+. The van der Waals surface area contributed by atoms with E-state index in [2.05, 4.69) is 26.4 Å². The molecule has 0 unspecified atom stereocenters. The Morgan fingerprint density at radius 2 is 0.959 bits per heavy atom. The molecule has 0 heterocycles. The monoisotopic (exact) mass is 699 g/mol. The van der Waals surface area contributed by atoms with Crippen molar-refractivity contribution in [2.45, 2.75) is 0 Å². The molecule has 17 heteroatoms. The van der Waals surface area contributed by atoms with E-state index in [-0.39, 0.29) is 22.3 Å². The van der Waals surface area contributed by atoms with Crippen LogP contribution in [0, 0.1) is 0 Å². The second-order valence-corrected chi connectivity index (χ2v) is 13.5. The van der Waals surface area contributed by atoms with E-state index in [0.29, 0.717) is 34.1 Å². The van der Waals surface area contributed by atoms with Gasteiger partial charge in [-0.25, -0.2) is 0 Å². The third-order valence-electron chi connectivity index (χ3n) is 7.27. The van der Waals surface area contributed by atoms with Gasteiger partial charge in [0.15, 0.2) is 11.4 Å². The minimum absolute atomic E-state index is 0.0986. The number of hydrazone groups is 2. The van der Waals surface area contributed by atoms with Crippen LogP contribution in [0.15, 0.2) is 105 Å². The van der Waals surface area contributed by atoms with Gasteiger partial charge in [0.25, 0.3) is 20.2 Å². The van der Waals surface area contributed by atoms with Crippen LogP contribution in [0.1, 0.15) is 31.8 Å². The fourth-order valence-electron chi connectivity index (χ4n) is 5.06. The van der Waals surface area contributed by atoms with Gasteiger partial charge in [-0.2, -0.15) is 27.0 Å². The van der Waals surface area contributed by atoms with Crippen LogP contribution < -0.4 is 27.6 Å². The number of hydrogen-bond donors (Lipinski definition) is 7. The number of Topliss-reactive ketones (excluding diaryl/α,β-unsaturated/α-hetero) is 2. The number of benzene rings is 4. The lowest BCUT2D eigenvalue weighted by Gasteiger charge is -2.19. The average Bonchev–Trinajstić information content (AvgIpc) is 3.03. The summed E-state index contributed by atoms with van der Waals surface area (Å²) in [6, 6.07) is 21.6. The summed E-state index contributed by atoms with van der Waals surface area (Å²) in [7, 11) is -9.80. The Hall–Kier alpha value is -6.14. The van der Waals surface area contributed by atoms with E-state index in [9.17, 15) is 35.5 Å². The quantitative estimate of drug-likeness (QED) is 0.0766. The Kier molecular flexibility index (Phi) is 8.34. The molecule has 15 nitrogen and oxygen atoms in total. The lowest BCUT2D eigenvalue weighted by atomic mass is 9.93. The number of anilines is 6. The Balaban J connectivity index is 1.31. The molecule has 0 aliphatic heterocycles. The van der Waals surface area contributed by atoms with Gasteiger partial charge in [0.1, 0.15) is 9.81 Å². The van der Waals surface area contributed by atoms with Gasteiger partial charge >= 0.3 is 0 Å². The molecule has 248 valence electrons. The lowest BCUT2D eigenvalue weighted by Crippen LogP contribution is -2.27. The van der Waals surface area contributed by atoms with Gasteiger partial charge in [0, 0.05) is 33.9 Å². The number of nitrogens with zero attached hydrogens (tertiary/aromatic N) is 2. The number of nitrogen functional groups attached to an aromatic ring is 2. The molecule has 0 atom stereocenters. The maximum absolute atomic E-state index is 13.3. The lowest BCUT2D eigenvalue weighted by molar-refractivity contribution is 0.105. The van der Waals surface area contributed by atoms with Gasteiger partial charge < -0.3 is 16.8 Å². The molecule has 49 heavy (non-hydrogen) atoms. The van der Waals surface area contributed by atoms with E-state index in [0.717, 1.165) is 12.2 Å². The van der Waals surface area contributed by atoms with Gasteiger partial charge in [0.05, 0.1) is 11.4 Å². The minimum atomic E-state index is -4.90. The van der Waals surface area contributed by atoms with Crippen molar-refractivity contribution in [2.24, 2.45) is 10.2 Å². The van der Waals surface area contributed by atoms with Crippen LogP contribution >= 0.6 is 0 Å². The van der Waals surface area contributed by atoms with Crippen LogP contribution in [0.5, 0.6) is 0 Å². The van der Waals surface area contributed by atoms with E-state index < -0.39 is 53.0 Å². The van der Waals surface area contributed by atoms with Crippen molar-refractivity contribution in [3.05, 3.63) is 117 Å². The molecule has 0 aromatic heterocycles. The van der Waals surface area contributed by atoms with Crippen molar-refractivity contribution in [3.8, 4) is 0 Å². The normalized spacial score (nSPS) is 16.0. The summed E-state index contributed by atoms with van der Waals surface area (Å²) in [5.41, 5.74) is 18.4. The molecule has 0 amide bonds. The summed E-state index contributed by atoms with van der Waals surface area (Å²) in [5.74, 6) is -1.54. The zero-order chi connectivity index (χ0) is 35.1. The van der Waals surface area contributed by atoms with Crippen LogP contribution in [-0.2, 0) is 20.2 Å². The number of carbonyl (C=O) groups is 2. The fourth-order valence-corrected chi connectivity index (χ4v) is 6.38. The highest BCUT2D eigenvalue weighted by molar-refractivity contribution is 7.91. The number of fused-ring (bicyclic) bond motifs is 2. The zero-order valence-electron chi connectivity index (χ0n) is 24.9. The number of rotatable bonds is 8. The van der Waals surface area contributed by atoms with Crippen molar-refractivity contribution in [2.75, 3.05) is 27.6 Å². The molecule has 0 saturated heterocycles. The molecule has 6 rings (SSSR count). The molecule has 4 aromatic carbocycles. The minimum Gasteiger partial charge on any atom is -0.399 e. The van der Waals surface area contributed by atoms with Gasteiger partial charge in [-0.1, -0.05) is 12.1 Å². The zero-order valence-corrected chi connectivity index (χ0v) is 26.6. The molecular formula is C32H25N7O8S2. The molecule has 0 fully saturated rings. The van der Waals surface area contributed by atoms with Crippen LogP contribution in [-0.4, -0.2) is 48.9 Å². The summed E-state index contributed by atoms with van der Waals surface area (Å²) in [6.45, 7) is 0. The Bertz CT molecular complexity index is 2270. The van der Waals surface area contributed by atoms with Crippen molar-refractivity contribution in [3.63, 3.8) is 0 Å². The number of nitrogens with two attached hydrogens (primary N) is 2. The Morgan fingerprint density at radius 1 is 0.551 bits per heavy atom. The molecule has 2 aliphatic rings. The third kappa shape index (κ3) is 6.94. The molecular weight excluding hydrogens is 675 g/mol. The number of hydrogen-bond acceptors (Lipinski definition) is 13. The highest BCUT2D eigenvalue weighted by Crippen LogP contribution is 2.32. The maximum Gasteiger partial charge on any atom is 0.296 e. The maximum atomic E-state index is 13.3. The number of ketones is 2. The van der Waals surface area contributed by atoms with Crippen LogP contribution in [0.3, 0.4) is 0 Å². The van der Waals surface area contributed by atoms with Crippen molar-refractivity contribution >= 4 is 89.5 Å². The van der Waals surface area contributed by atoms with Crippen molar-refractivity contribution in [1.29, 1.82) is 0 Å². The summed E-state index contributed by atoms with van der Waals surface area (Å²) in [4.78, 5) is 25.2. The second-order valence-electron chi connectivity index (χ2n) is 10.7. The summed E-state index contributed by atoms with van der Waals surface area (Å²) < 4.78 is 69.0. The van der Waals surface area contributed by atoms with Crippen LogP contribution in [0.25, 0.3) is 12.2 Å². The van der Waals surface area contributed by atoms with Crippen molar-refractivity contribution in [1.82, 2.24) is 0 Å². The number of allylic oxidation sites excluding steroid dienone is 2.